The second kappa shape index (κ2) is 7.14. The lowest BCUT2D eigenvalue weighted by Gasteiger charge is -2.09. The van der Waals surface area contributed by atoms with Gasteiger partial charge in [0.05, 0.1) is 17.6 Å². The lowest BCUT2D eigenvalue weighted by molar-refractivity contribution is 0.0953. The Balaban J connectivity index is 1.83. The molecule has 136 valence electrons. The zero-order chi connectivity index (χ0) is 18.9. The average Bonchev–Trinajstić information content (AvgIpc) is 3.09. The maximum absolute atomic E-state index is 12.7. The number of thiophene rings is 1. The van der Waals surface area contributed by atoms with E-state index < -0.39 is 10.0 Å². The van der Waals surface area contributed by atoms with Crippen LogP contribution in [0.1, 0.15) is 26.5 Å². The highest BCUT2D eigenvalue weighted by Gasteiger charge is 2.16. The molecule has 1 amide bonds. The smallest absolute Gasteiger partial charge is 0.252 e. The number of carbonyl (C=O) groups is 1. The van der Waals surface area contributed by atoms with Crippen LogP contribution < -0.4 is 10.0 Å². The summed E-state index contributed by atoms with van der Waals surface area (Å²) in [5, 5.41) is 3.67. The van der Waals surface area contributed by atoms with Crippen LogP contribution in [0.4, 0.5) is 0 Å². The molecule has 8 heteroatoms. The van der Waals surface area contributed by atoms with Crippen LogP contribution >= 0.6 is 11.3 Å². The minimum Gasteiger partial charge on any atom is -0.347 e. The first kappa shape index (κ1) is 18.5. The van der Waals surface area contributed by atoms with Crippen molar-refractivity contribution >= 4 is 38.2 Å². The molecule has 0 aliphatic carbocycles. The van der Waals surface area contributed by atoms with Gasteiger partial charge in [-0.25, -0.2) is 13.1 Å². The highest BCUT2D eigenvalue weighted by molar-refractivity contribution is 7.91. The SMILES string of the molecule is CNS(=O)(=O)c1ccc(CNC(=O)c2cc(C)nc3ccc(C)cc23)s1. The third-order valence-electron chi connectivity index (χ3n) is 3.93. The van der Waals surface area contributed by atoms with Crippen molar-refractivity contribution in [2.75, 3.05) is 7.05 Å². The maximum Gasteiger partial charge on any atom is 0.252 e. The number of hydrogen-bond acceptors (Lipinski definition) is 5. The van der Waals surface area contributed by atoms with Gasteiger partial charge in [0.25, 0.3) is 5.91 Å². The molecule has 2 N–H and O–H groups in total. The number of fused-ring (bicyclic) bond motifs is 1. The predicted octanol–water partition coefficient (Wildman–Crippen LogP) is 2.75. The number of sulfonamides is 1. The molecule has 0 saturated heterocycles. The van der Waals surface area contributed by atoms with Crippen LogP contribution in [0, 0.1) is 13.8 Å². The molecule has 0 unspecified atom stereocenters. The lowest BCUT2D eigenvalue weighted by Crippen LogP contribution is -2.23. The van der Waals surface area contributed by atoms with E-state index in [2.05, 4.69) is 15.0 Å². The zero-order valence-corrected chi connectivity index (χ0v) is 16.3. The molecule has 0 atom stereocenters. The summed E-state index contributed by atoms with van der Waals surface area (Å²) in [6, 6.07) is 10.8. The quantitative estimate of drug-likeness (QED) is 0.702. The first-order chi connectivity index (χ1) is 12.3. The highest BCUT2D eigenvalue weighted by atomic mass is 32.2. The minimum atomic E-state index is -3.46. The van der Waals surface area contributed by atoms with Gasteiger partial charge in [0.1, 0.15) is 4.21 Å². The van der Waals surface area contributed by atoms with E-state index >= 15 is 0 Å². The number of aryl methyl sites for hydroxylation is 2. The van der Waals surface area contributed by atoms with Gasteiger partial charge in [-0.15, -0.1) is 11.3 Å². The Morgan fingerprint density at radius 3 is 2.65 bits per heavy atom. The van der Waals surface area contributed by atoms with Gasteiger partial charge in [0.15, 0.2) is 0 Å². The average molecular weight is 390 g/mol. The zero-order valence-electron chi connectivity index (χ0n) is 14.7. The van der Waals surface area contributed by atoms with Crippen LogP contribution in [-0.4, -0.2) is 26.4 Å². The van der Waals surface area contributed by atoms with Gasteiger partial charge in [-0.1, -0.05) is 11.6 Å². The van der Waals surface area contributed by atoms with Gasteiger partial charge in [-0.05, 0) is 51.2 Å². The second-order valence-electron chi connectivity index (χ2n) is 5.94. The van der Waals surface area contributed by atoms with E-state index in [9.17, 15) is 13.2 Å². The maximum atomic E-state index is 12.7. The Kier molecular flexibility index (Phi) is 5.08. The molecule has 1 aromatic carbocycles. The van der Waals surface area contributed by atoms with Crippen molar-refractivity contribution in [2.45, 2.75) is 24.6 Å². The molecule has 6 nitrogen and oxygen atoms in total. The highest BCUT2D eigenvalue weighted by Crippen LogP contribution is 2.22. The normalized spacial score (nSPS) is 11.7. The van der Waals surface area contributed by atoms with Crippen LogP contribution in [0.2, 0.25) is 0 Å². The van der Waals surface area contributed by atoms with Crippen molar-refractivity contribution in [3.63, 3.8) is 0 Å². The van der Waals surface area contributed by atoms with Gasteiger partial charge < -0.3 is 5.32 Å². The molecule has 2 aromatic heterocycles. The number of nitrogens with one attached hydrogen (secondary N) is 2. The van der Waals surface area contributed by atoms with Crippen molar-refractivity contribution in [1.29, 1.82) is 0 Å². The second-order valence-corrected chi connectivity index (χ2v) is 9.22. The van der Waals surface area contributed by atoms with Crippen molar-refractivity contribution in [1.82, 2.24) is 15.0 Å². The number of hydrogen-bond donors (Lipinski definition) is 2. The number of carbonyl (C=O) groups excluding carboxylic acids is 1. The van der Waals surface area contributed by atoms with E-state index in [1.807, 2.05) is 32.0 Å². The molecule has 3 rings (SSSR count). The van der Waals surface area contributed by atoms with Crippen molar-refractivity contribution in [3.8, 4) is 0 Å². The molecule has 0 fully saturated rings. The van der Waals surface area contributed by atoms with Crippen LogP contribution in [-0.2, 0) is 16.6 Å². The van der Waals surface area contributed by atoms with Crippen molar-refractivity contribution in [2.24, 2.45) is 0 Å². The number of nitrogens with zero attached hydrogens (tertiary/aromatic N) is 1. The van der Waals surface area contributed by atoms with Gasteiger partial charge in [-0.2, -0.15) is 0 Å². The standard InChI is InChI=1S/C18H19N3O3S2/c1-11-4-6-16-14(8-11)15(9-12(2)21-16)18(22)20-10-13-5-7-17(25-13)26(23,24)19-3/h4-9,19H,10H2,1-3H3,(H,20,22). The molecule has 0 radical (unpaired) electrons. The fraction of sp³-hybridized carbons (Fsp3) is 0.222. The van der Waals surface area contributed by atoms with E-state index in [0.29, 0.717) is 5.56 Å². The molecular formula is C18H19N3O3S2. The Labute approximate surface area is 156 Å². The Morgan fingerprint density at radius 1 is 1.15 bits per heavy atom. The summed E-state index contributed by atoms with van der Waals surface area (Å²) < 4.78 is 26.1. The van der Waals surface area contributed by atoms with Crippen LogP contribution in [0.25, 0.3) is 10.9 Å². The fourth-order valence-electron chi connectivity index (χ4n) is 2.62. The topological polar surface area (TPSA) is 88.2 Å². The molecule has 3 aromatic rings. The first-order valence-corrected chi connectivity index (χ1v) is 10.3. The van der Waals surface area contributed by atoms with E-state index in [1.54, 1.807) is 12.1 Å². The van der Waals surface area contributed by atoms with E-state index in [4.69, 9.17) is 0 Å². The molecule has 0 saturated carbocycles. The van der Waals surface area contributed by atoms with Crippen LogP contribution in [0.15, 0.2) is 40.6 Å². The summed E-state index contributed by atoms with van der Waals surface area (Å²) in [7, 11) is -2.09. The predicted molar refractivity (Wildman–Crippen MR) is 103 cm³/mol. The van der Waals surface area contributed by atoms with Crippen molar-refractivity contribution < 1.29 is 13.2 Å². The van der Waals surface area contributed by atoms with E-state index in [-0.39, 0.29) is 16.7 Å². The lowest BCUT2D eigenvalue weighted by atomic mass is 10.0. The summed E-state index contributed by atoms with van der Waals surface area (Å²) >= 11 is 1.13. The molecule has 26 heavy (non-hydrogen) atoms. The molecular weight excluding hydrogens is 370 g/mol. The number of aromatic nitrogens is 1. The summed E-state index contributed by atoms with van der Waals surface area (Å²) in [6.45, 7) is 4.08. The first-order valence-electron chi connectivity index (χ1n) is 7.98. The molecule has 0 aliphatic rings. The van der Waals surface area contributed by atoms with Crippen LogP contribution in [0.5, 0.6) is 0 Å². The van der Waals surface area contributed by atoms with Gasteiger partial charge >= 0.3 is 0 Å². The van der Waals surface area contributed by atoms with Crippen molar-refractivity contribution in [3.05, 3.63) is 58.1 Å². The van der Waals surface area contributed by atoms with Gasteiger partial charge in [0.2, 0.25) is 10.0 Å². The molecule has 0 bridgehead atoms. The van der Waals surface area contributed by atoms with E-state index in [0.717, 1.165) is 38.4 Å². The fourth-order valence-corrected chi connectivity index (χ4v) is 4.75. The van der Waals surface area contributed by atoms with Gasteiger partial charge in [0, 0.05) is 16.0 Å². The molecule has 0 aliphatic heterocycles. The Bertz CT molecular complexity index is 1090. The number of rotatable bonds is 5. The molecule has 2 heterocycles. The summed E-state index contributed by atoms with van der Waals surface area (Å²) in [4.78, 5) is 17.9. The number of benzene rings is 1. The Hall–Kier alpha value is -2.29. The number of pyridine rings is 1. The largest absolute Gasteiger partial charge is 0.347 e. The minimum absolute atomic E-state index is 0.211. The van der Waals surface area contributed by atoms with Gasteiger partial charge in [-0.3, -0.25) is 9.78 Å². The third kappa shape index (κ3) is 3.77. The summed E-state index contributed by atoms with van der Waals surface area (Å²) in [5.74, 6) is -0.211. The summed E-state index contributed by atoms with van der Waals surface area (Å²) in [5.41, 5.74) is 3.16. The monoisotopic (exact) mass is 389 g/mol. The molecule has 0 spiro atoms. The van der Waals surface area contributed by atoms with E-state index in [1.165, 1.54) is 13.1 Å². The third-order valence-corrected chi connectivity index (χ3v) is 6.92. The number of amides is 1. The Morgan fingerprint density at radius 2 is 1.92 bits per heavy atom. The van der Waals surface area contributed by atoms with Crippen LogP contribution in [0.3, 0.4) is 0 Å². The summed E-state index contributed by atoms with van der Waals surface area (Å²) in [6.07, 6.45) is 0.